The largest absolute Gasteiger partial charge is 0.480 e. The van der Waals surface area contributed by atoms with Crippen LogP contribution in [0.1, 0.15) is 52.8 Å². The van der Waals surface area contributed by atoms with Gasteiger partial charge in [-0.15, -0.1) is 0 Å². The summed E-state index contributed by atoms with van der Waals surface area (Å²) >= 11 is 0. The minimum absolute atomic E-state index is 0.00933. The predicted octanol–water partition coefficient (Wildman–Crippen LogP) is 6.78. The third kappa shape index (κ3) is 8.55. The van der Waals surface area contributed by atoms with E-state index in [4.69, 9.17) is 4.74 Å². The van der Waals surface area contributed by atoms with Crippen LogP contribution in [0, 0.1) is 5.41 Å². The SMILES string of the molecule is CC(C)(C)OC(=O)N(c1cccc(CN(Cc2ccc(-c3ccccc3)cc2)S(=O)(=O)c2ccccn2)n1)C(C(=O)O)C(C)(C)C. The number of anilines is 1. The summed E-state index contributed by atoms with van der Waals surface area (Å²) in [5.74, 6) is -1.21. The maximum Gasteiger partial charge on any atom is 0.416 e. The van der Waals surface area contributed by atoms with Crippen molar-refractivity contribution in [1.82, 2.24) is 14.3 Å². The van der Waals surface area contributed by atoms with Crippen molar-refractivity contribution in [3.05, 3.63) is 108 Å². The van der Waals surface area contributed by atoms with Gasteiger partial charge in [0.25, 0.3) is 10.0 Å². The molecule has 0 aliphatic carbocycles. The summed E-state index contributed by atoms with van der Waals surface area (Å²) in [6.45, 7) is 10.0. The topological polar surface area (TPSA) is 130 Å². The first-order valence-electron chi connectivity index (χ1n) is 14.8. The van der Waals surface area contributed by atoms with Gasteiger partial charge in [0.05, 0.1) is 12.2 Å². The molecule has 2 aromatic carbocycles. The van der Waals surface area contributed by atoms with Crippen LogP contribution in [0.2, 0.25) is 0 Å². The fourth-order valence-corrected chi connectivity index (χ4v) is 6.21. The lowest BCUT2D eigenvalue weighted by Crippen LogP contribution is -2.54. The van der Waals surface area contributed by atoms with E-state index in [0.717, 1.165) is 21.6 Å². The summed E-state index contributed by atoms with van der Waals surface area (Å²) in [5.41, 5.74) is 1.26. The number of rotatable bonds is 10. The Bertz CT molecular complexity index is 1750. The second-order valence-electron chi connectivity index (χ2n) is 12.9. The number of benzene rings is 2. The molecule has 1 atom stereocenters. The number of hydrogen-bond acceptors (Lipinski definition) is 7. The number of amides is 1. The Morgan fingerprint density at radius 3 is 2.00 bits per heavy atom. The molecule has 0 aliphatic rings. The lowest BCUT2D eigenvalue weighted by molar-refractivity contribution is -0.141. The van der Waals surface area contributed by atoms with E-state index in [2.05, 4.69) is 9.97 Å². The van der Waals surface area contributed by atoms with Crippen molar-refractivity contribution in [3.8, 4) is 11.1 Å². The van der Waals surface area contributed by atoms with Crippen molar-refractivity contribution in [2.75, 3.05) is 4.90 Å². The Labute approximate surface area is 270 Å². The van der Waals surface area contributed by atoms with Crippen LogP contribution in [0.5, 0.6) is 0 Å². The molecule has 4 rings (SSSR count). The highest BCUT2D eigenvalue weighted by molar-refractivity contribution is 7.89. The van der Waals surface area contributed by atoms with E-state index in [0.29, 0.717) is 5.69 Å². The van der Waals surface area contributed by atoms with Crippen molar-refractivity contribution in [1.29, 1.82) is 0 Å². The maximum absolute atomic E-state index is 13.9. The van der Waals surface area contributed by atoms with Gasteiger partial charge in [-0.3, -0.25) is 0 Å². The van der Waals surface area contributed by atoms with Crippen LogP contribution in [0.4, 0.5) is 10.6 Å². The smallest absolute Gasteiger partial charge is 0.416 e. The average molecular weight is 645 g/mol. The van der Waals surface area contributed by atoms with Crippen LogP contribution in [0.25, 0.3) is 11.1 Å². The Kier molecular flexibility index (Phi) is 10.3. The number of ether oxygens (including phenoxy) is 1. The quantitative estimate of drug-likeness (QED) is 0.200. The van der Waals surface area contributed by atoms with Crippen molar-refractivity contribution in [3.63, 3.8) is 0 Å². The molecule has 1 amide bonds. The summed E-state index contributed by atoms with van der Waals surface area (Å²) < 4.78 is 34.7. The first-order valence-corrected chi connectivity index (χ1v) is 16.3. The molecule has 46 heavy (non-hydrogen) atoms. The fourth-order valence-electron chi connectivity index (χ4n) is 4.87. The average Bonchev–Trinajstić information content (AvgIpc) is 2.99. The number of nitrogens with zero attached hydrogens (tertiary/aromatic N) is 4. The van der Waals surface area contributed by atoms with E-state index >= 15 is 0 Å². The number of hydrogen-bond donors (Lipinski definition) is 1. The lowest BCUT2D eigenvalue weighted by atomic mass is 9.85. The highest BCUT2D eigenvalue weighted by atomic mass is 32.2. The zero-order valence-corrected chi connectivity index (χ0v) is 27.7. The third-order valence-electron chi connectivity index (χ3n) is 6.94. The van der Waals surface area contributed by atoms with E-state index in [1.165, 1.54) is 22.6 Å². The summed E-state index contributed by atoms with van der Waals surface area (Å²) in [6, 6.07) is 25.5. The zero-order valence-electron chi connectivity index (χ0n) is 26.9. The highest BCUT2D eigenvalue weighted by Crippen LogP contribution is 2.31. The van der Waals surface area contributed by atoms with Gasteiger partial charge in [0.15, 0.2) is 5.03 Å². The van der Waals surface area contributed by atoms with E-state index in [-0.39, 0.29) is 23.9 Å². The van der Waals surface area contributed by atoms with E-state index in [1.54, 1.807) is 65.8 Å². The molecule has 4 aromatic rings. The Balaban J connectivity index is 1.74. The van der Waals surface area contributed by atoms with Gasteiger partial charge in [0, 0.05) is 12.7 Å². The number of aromatic nitrogens is 2. The second-order valence-corrected chi connectivity index (χ2v) is 14.8. The number of carbonyl (C=O) groups excluding carboxylic acids is 1. The Hall–Kier alpha value is -4.61. The monoisotopic (exact) mass is 644 g/mol. The molecule has 242 valence electrons. The van der Waals surface area contributed by atoms with Crippen LogP contribution < -0.4 is 4.90 Å². The first kappa shape index (κ1) is 34.3. The number of carbonyl (C=O) groups is 2. The van der Waals surface area contributed by atoms with Crippen LogP contribution in [-0.2, 0) is 32.6 Å². The van der Waals surface area contributed by atoms with Gasteiger partial charge in [0.2, 0.25) is 0 Å². The van der Waals surface area contributed by atoms with Crippen molar-refractivity contribution >= 4 is 27.9 Å². The standard InChI is InChI=1S/C35H40N4O6S/c1-34(2,3)31(32(40)41)39(33(42)45-35(4,5)6)29-16-12-15-28(37-29)24-38(46(43,44)30-17-10-11-22-36-30)23-25-18-20-27(21-19-25)26-13-8-7-9-14-26/h7-22,31H,23-24H2,1-6H3,(H,40,41). The number of carboxylic acids is 1. The highest BCUT2D eigenvalue weighted by Gasteiger charge is 2.42. The maximum atomic E-state index is 13.9. The van der Waals surface area contributed by atoms with Crippen molar-refractivity contribution in [2.24, 2.45) is 5.41 Å². The van der Waals surface area contributed by atoms with Gasteiger partial charge in [-0.25, -0.2) is 32.9 Å². The third-order valence-corrected chi connectivity index (χ3v) is 8.65. The van der Waals surface area contributed by atoms with Gasteiger partial charge < -0.3 is 9.84 Å². The molecule has 2 heterocycles. The van der Waals surface area contributed by atoms with E-state index in [1.807, 2.05) is 54.6 Å². The molecule has 0 saturated carbocycles. The molecule has 10 nitrogen and oxygen atoms in total. The van der Waals surface area contributed by atoms with Crippen molar-refractivity contribution in [2.45, 2.75) is 71.3 Å². The molecule has 0 saturated heterocycles. The number of carboxylic acid groups (broad SMARTS) is 1. The minimum atomic E-state index is -4.10. The number of aliphatic carboxylic acids is 1. The van der Waals surface area contributed by atoms with Crippen LogP contribution in [-0.4, -0.2) is 51.5 Å². The minimum Gasteiger partial charge on any atom is -0.480 e. The lowest BCUT2D eigenvalue weighted by Gasteiger charge is -2.37. The first-order chi connectivity index (χ1) is 21.6. The predicted molar refractivity (Wildman–Crippen MR) is 176 cm³/mol. The summed E-state index contributed by atoms with van der Waals surface area (Å²) in [7, 11) is -4.10. The summed E-state index contributed by atoms with van der Waals surface area (Å²) in [5, 5.41) is 10.1. The normalized spacial score (nSPS) is 12.8. The van der Waals surface area contributed by atoms with Gasteiger partial charge >= 0.3 is 12.1 Å². The van der Waals surface area contributed by atoms with Crippen LogP contribution >= 0.6 is 0 Å². The molecule has 1 unspecified atom stereocenters. The van der Waals surface area contributed by atoms with Crippen LogP contribution in [0.15, 0.2) is 102 Å². The molecule has 0 fully saturated rings. The zero-order chi connectivity index (χ0) is 33.7. The number of pyridine rings is 2. The number of sulfonamides is 1. The molecule has 0 aliphatic heterocycles. The summed E-state index contributed by atoms with van der Waals surface area (Å²) in [6.07, 6.45) is 0.534. The molecular formula is C35H40N4O6S. The summed E-state index contributed by atoms with van der Waals surface area (Å²) in [4.78, 5) is 35.8. The van der Waals surface area contributed by atoms with E-state index in [9.17, 15) is 23.1 Å². The molecule has 0 bridgehead atoms. The van der Waals surface area contributed by atoms with Gasteiger partial charge in [-0.1, -0.05) is 87.5 Å². The van der Waals surface area contributed by atoms with E-state index < -0.39 is 39.1 Å². The molecule has 2 aromatic heterocycles. The van der Waals surface area contributed by atoms with Gasteiger partial charge in [-0.05, 0) is 67.1 Å². The molecule has 0 spiro atoms. The Morgan fingerprint density at radius 1 is 0.804 bits per heavy atom. The Morgan fingerprint density at radius 2 is 1.43 bits per heavy atom. The molecular weight excluding hydrogens is 604 g/mol. The second kappa shape index (κ2) is 13.8. The van der Waals surface area contributed by atoms with Gasteiger partial charge in [-0.2, -0.15) is 4.31 Å². The molecule has 0 radical (unpaired) electrons. The fraction of sp³-hybridized carbons (Fsp3) is 0.314. The van der Waals surface area contributed by atoms with Gasteiger partial charge in [0.1, 0.15) is 17.5 Å². The molecule has 11 heteroatoms. The molecule has 1 N–H and O–H groups in total. The van der Waals surface area contributed by atoms with Crippen LogP contribution in [0.3, 0.4) is 0 Å². The van der Waals surface area contributed by atoms with Crippen molar-refractivity contribution < 1.29 is 27.9 Å².